The Labute approximate surface area is 121 Å². The molecular formula is C9H2F14O. The molecule has 142 valence electrons. The fraction of sp³-hybridized carbons (Fsp3) is 0.778. The zero-order chi connectivity index (χ0) is 19.6. The SMILES string of the molecule is FC(F)(F)COC1=C(C(F)(F)C(F)(F)F)C(F)(F)C(F)(F)C1(F)F. The number of ether oxygens (including phenoxy) is 1. The van der Waals surface area contributed by atoms with E-state index in [1.807, 2.05) is 0 Å². The molecule has 0 fully saturated rings. The lowest BCUT2D eigenvalue weighted by atomic mass is 10.0. The van der Waals surface area contributed by atoms with Crippen LogP contribution in [-0.2, 0) is 4.74 Å². The van der Waals surface area contributed by atoms with Crippen molar-refractivity contribution in [1.82, 2.24) is 0 Å². The summed E-state index contributed by atoms with van der Waals surface area (Å²) in [5.41, 5.74) is -4.28. The van der Waals surface area contributed by atoms with E-state index in [0.717, 1.165) is 0 Å². The molecule has 0 bridgehead atoms. The summed E-state index contributed by atoms with van der Waals surface area (Å²) in [4.78, 5) is 0. The van der Waals surface area contributed by atoms with Crippen LogP contribution >= 0.6 is 0 Å². The first-order valence-corrected chi connectivity index (χ1v) is 5.24. The van der Waals surface area contributed by atoms with Crippen LogP contribution in [0.25, 0.3) is 0 Å². The Bertz CT molecular complexity index is 535. The van der Waals surface area contributed by atoms with Crippen LogP contribution in [0, 0.1) is 0 Å². The van der Waals surface area contributed by atoms with Gasteiger partial charge in [0.15, 0.2) is 12.4 Å². The minimum atomic E-state index is -7.09. The van der Waals surface area contributed by atoms with Gasteiger partial charge in [0, 0.05) is 0 Å². The van der Waals surface area contributed by atoms with Crippen LogP contribution in [-0.4, -0.2) is 42.6 Å². The number of rotatable bonds is 3. The molecule has 0 aromatic heterocycles. The molecule has 0 radical (unpaired) electrons. The number of halogens is 14. The van der Waals surface area contributed by atoms with Crippen molar-refractivity contribution >= 4 is 0 Å². The summed E-state index contributed by atoms with van der Waals surface area (Å²) in [6, 6.07) is 0. The maximum absolute atomic E-state index is 13.1. The van der Waals surface area contributed by atoms with Gasteiger partial charge in [-0.15, -0.1) is 0 Å². The summed E-state index contributed by atoms with van der Waals surface area (Å²) in [5.74, 6) is -31.1. The first kappa shape index (κ1) is 20.6. The summed E-state index contributed by atoms with van der Waals surface area (Å²) in [6.07, 6.45) is -12.8. The highest BCUT2D eigenvalue weighted by atomic mass is 19.4. The second-order valence-electron chi connectivity index (χ2n) is 4.40. The lowest BCUT2D eigenvalue weighted by Gasteiger charge is -2.27. The third-order valence-corrected chi connectivity index (χ3v) is 2.67. The van der Waals surface area contributed by atoms with Crippen LogP contribution in [0.4, 0.5) is 61.5 Å². The molecule has 0 spiro atoms. The molecule has 1 rings (SSSR count). The molecule has 1 aliphatic rings. The number of hydrogen-bond acceptors (Lipinski definition) is 1. The lowest BCUT2D eigenvalue weighted by molar-refractivity contribution is -0.298. The van der Waals surface area contributed by atoms with Crippen molar-refractivity contribution in [1.29, 1.82) is 0 Å². The first-order chi connectivity index (χ1) is 10.2. The predicted molar refractivity (Wildman–Crippen MR) is 44.9 cm³/mol. The average molecular weight is 392 g/mol. The van der Waals surface area contributed by atoms with Gasteiger partial charge in [0.1, 0.15) is 5.57 Å². The Balaban J connectivity index is 3.68. The van der Waals surface area contributed by atoms with Crippen LogP contribution < -0.4 is 0 Å². The minimum Gasteiger partial charge on any atom is -0.481 e. The molecule has 0 aromatic carbocycles. The van der Waals surface area contributed by atoms with E-state index < -0.39 is 54.0 Å². The number of allylic oxidation sites excluding steroid dienone is 2. The fourth-order valence-corrected chi connectivity index (χ4v) is 1.59. The quantitative estimate of drug-likeness (QED) is 0.619. The summed E-state index contributed by atoms with van der Waals surface area (Å²) >= 11 is 0. The van der Waals surface area contributed by atoms with Crippen molar-refractivity contribution in [2.24, 2.45) is 0 Å². The first-order valence-electron chi connectivity index (χ1n) is 5.24. The molecular weight excluding hydrogens is 390 g/mol. The maximum Gasteiger partial charge on any atom is 0.458 e. The topological polar surface area (TPSA) is 9.23 Å². The fourth-order valence-electron chi connectivity index (χ4n) is 1.59. The van der Waals surface area contributed by atoms with Gasteiger partial charge in [-0.05, 0) is 0 Å². The van der Waals surface area contributed by atoms with Gasteiger partial charge < -0.3 is 4.74 Å². The predicted octanol–water partition coefficient (Wildman–Crippen LogP) is 4.94. The Hall–Kier alpha value is -1.44. The zero-order valence-electron chi connectivity index (χ0n) is 10.4. The molecule has 0 saturated carbocycles. The van der Waals surface area contributed by atoms with Crippen LogP contribution in [0.3, 0.4) is 0 Å². The smallest absolute Gasteiger partial charge is 0.458 e. The van der Waals surface area contributed by atoms with Crippen molar-refractivity contribution in [2.45, 2.75) is 36.0 Å². The average Bonchev–Trinajstić information content (AvgIpc) is 2.39. The third kappa shape index (κ3) is 2.74. The van der Waals surface area contributed by atoms with Gasteiger partial charge in [0.05, 0.1) is 0 Å². The molecule has 0 N–H and O–H groups in total. The van der Waals surface area contributed by atoms with Crippen molar-refractivity contribution in [2.75, 3.05) is 6.61 Å². The Morgan fingerprint density at radius 2 is 1.12 bits per heavy atom. The van der Waals surface area contributed by atoms with Gasteiger partial charge in [0.2, 0.25) is 0 Å². The highest BCUT2D eigenvalue weighted by molar-refractivity contribution is 5.42. The van der Waals surface area contributed by atoms with E-state index in [9.17, 15) is 61.5 Å². The molecule has 0 saturated heterocycles. The van der Waals surface area contributed by atoms with E-state index in [2.05, 4.69) is 4.74 Å². The van der Waals surface area contributed by atoms with E-state index >= 15 is 0 Å². The van der Waals surface area contributed by atoms with Gasteiger partial charge in [-0.2, -0.15) is 61.5 Å². The Kier molecular flexibility index (Phi) is 4.32. The maximum atomic E-state index is 13.1. The Morgan fingerprint density at radius 1 is 0.708 bits per heavy atom. The van der Waals surface area contributed by atoms with Crippen LogP contribution in [0.1, 0.15) is 0 Å². The summed E-state index contributed by atoms with van der Waals surface area (Å²) < 4.78 is 179. The summed E-state index contributed by atoms with van der Waals surface area (Å²) in [5, 5.41) is 0. The van der Waals surface area contributed by atoms with Gasteiger partial charge in [0.25, 0.3) is 0 Å². The molecule has 1 aliphatic carbocycles. The van der Waals surface area contributed by atoms with Crippen molar-refractivity contribution in [3.05, 3.63) is 11.3 Å². The molecule has 24 heavy (non-hydrogen) atoms. The second kappa shape index (κ2) is 5.03. The number of alkyl halides is 14. The minimum absolute atomic E-state index is 2.81. The van der Waals surface area contributed by atoms with E-state index in [-0.39, 0.29) is 0 Å². The van der Waals surface area contributed by atoms with Crippen LogP contribution in [0.15, 0.2) is 11.3 Å². The molecule has 0 amide bonds. The normalized spacial score (nSPS) is 23.6. The van der Waals surface area contributed by atoms with Crippen molar-refractivity contribution in [3.63, 3.8) is 0 Å². The van der Waals surface area contributed by atoms with Crippen molar-refractivity contribution in [3.8, 4) is 0 Å². The monoisotopic (exact) mass is 392 g/mol. The molecule has 0 aromatic rings. The largest absolute Gasteiger partial charge is 0.481 e. The molecule has 1 nitrogen and oxygen atoms in total. The van der Waals surface area contributed by atoms with Crippen molar-refractivity contribution < 1.29 is 66.2 Å². The molecule has 0 heterocycles. The highest BCUT2D eigenvalue weighted by Gasteiger charge is 2.87. The molecule has 0 unspecified atom stereocenters. The van der Waals surface area contributed by atoms with E-state index in [0.29, 0.717) is 0 Å². The Morgan fingerprint density at radius 3 is 1.46 bits per heavy atom. The van der Waals surface area contributed by atoms with Gasteiger partial charge in [-0.25, -0.2) is 0 Å². The standard InChI is InChI=1S/C9H2F14O/c10-4(11,12)1-24-3-2(6(15,16)9(21,22)23)5(13,14)8(19,20)7(3,17)18/h1H2. The van der Waals surface area contributed by atoms with Crippen LogP contribution in [0.2, 0.25) is 0 Å². The van der Waals surface area contributed by atoms with Crippen LogP contribution in [0.5, 0.6) is 0 Å². The molecule has 0 aliphatic heterocycles. The van der Waals surface area contributed by atoms with Gasteiger partial charge >= 0.3 is 36.0 Å². The van der Waals surface area contributed by atoms with E-state index in [4.69, 9.17) is 0 Å². The summed E-state index contributed by atoms with van der Waals surface area (Å²) in [6.45, 7) is -3.08. The van der Waals surface area contributed by atoms with Gasteiger partial charge in [-0.1, -0.05) is 0 Å². The molecule has 15 heteroatoms. The zero-order valence-corrected chi connectivity index (χ0v) is 10.4. The van der Waals surface area contributed by atoms with E-state index in [1.165, 1.54) is 0 Å². The van der Waals surface area contributed by atoms with Gasteiger partial charge in [-0.3, -0.25) is 0 Å². The highest BCUT2D eigenvalue weighted by Crippen LogP contribution is 2.64. The van der Waals surface area contributed by atoms with E-state index in [1.54, 1.807) is 0 Å². The lowest BCUT2D eigenvalue weighted by Crippen LogP contribution is -2.52. The summed E-state index contributed by atoms with van der Waals surface area (Å²) in [7, 11) is 0. The number of hydrogen-bond donors (Lipinski definition) is 0. The third-order valence-electron chi connectivity index (χ3n) is 2.67. The molecule has 0 atom stereocenters. The second-order valence-corrected chi connectivity index (χ2v) is 4.40.